The Labute approximate surface area is 119 Å². The topological polar surface area (TPSA) is 66.6 Å². The number of rotatable bonds is 4. The molecule has 110 valence electrons. The van der Waals surface area contributed by atoms with Crippen LogP contribution in [-0.4, -0.2) is 22.6 Å². The van der Waals surface area contributed by atoms with E-state index in [0.717, 1.165) is 19.4 Å². The van der Waals surface area contributed by atoms with E-state index >= 15 is 0 Å². The van der Waals surface area contributed by atoms with Gasteiger partial charge in [-0.2, -0.15) is 0 Å². The van der Waals surface area contributed by atoms with Gasteiger partial charge in [-0.15, -0.1) is 0 Å². The van der Waals surface area contributed by atoms with Gasteiger partial charge in [0.1, 0.15) is 5.69 Å². The van der Waals surface area contributed by atoms with Crippen LogP contribution in [0, 0.1) is 16.0 Å². The predicted molar refractivity (Wildman–Crippen MR) is 78.9 cm³/mol. The van der Waals surface area contributed by atoms with Crippen LogP contribution in [0.4, 0.5) is 11.4 Å². The Kier molecular flexibility index (Phi) is 4.28. The van der Waals surface area contributed by atoms with Crippen LogP contribution >= 0.6 is 0 Å². The summed E-state index contributed by atoms with van der Waals surface area (Å²) in [5, 5.41) is 20.9. The Bertz CT molecular complexity index is 500. The van der Waals surface area contributed by atoms with Gasteiger partial charge in [0.2, 0.25) is 0 Å². The highest BCUT2D eigenvalue weighted by atomic mass is 16.6. The average Bonchev–Trinajstić information content (AvgIpc) is 2.86. The first-order valence-electron chi connectivity index (χ1n) is 7.15. The molecule has 5 nitrogen and oxygen atoms in total. The van der Waals surface area contributed by atoms with Crippen LogP contribution in [-0.2, 0) is 0 Å². The fourth-order valence-electron chi connectivity index (χ4n) is 2.97. The molecule has 1 aromatic carbocycles. The quantitative estimate of drug-likeness (QED) is 0.678. The number of nitro benzene ring substituents is 1. The molecule has 0 aromatic heterocycles. The van der Waals surface area contributed by atoms with E-state index in [9.17, 15) is 15.2 Å². The third-order valence-electron chi connectivity index (χ3n) is 4.06. The van der Waals surface area contributed by atoms with Gasteiger partial charge in [-0.3, -0.25) is 10.1 Å². The predicted octanol–water partition coefficient (Wildman–Crippen LogP) is 3.27. The molecule has 0 bridgehead atoms. The zero-order valence-electron chi connectivity index (χ0n) is 12.2. The van der Waals surface area contributed by atoms with Crippen LogP contribution in [0.1, 0.15) is 45.3 Å². The molecule has 1 saturated heterocycles. The van der Waals surface area contributed by atoms with Gasteiger partial charge in [-0.05, 0) is 37.3 Å². The number of nitro groups is 1. The molecule has 0 amide bonds. The molecular formula is C15H22N2O3. The number of benzene rings is 1. The van der Waals surface area contributed by atoms with Crippen molar-refractivity contribution in [1.82, 2.24) is 0 Å². The lowest BCUT2D eigenvalue weighted by molar-refractivity contribution is -0.384. The third-order valence-corrected chi connectivity index (χ3v) is 4.06. The largest absolute Gasteiger partial charge is 0.389 e. The van der Waals surface area contributed by atoms with Crippen LogP contribution < -0.4 is 4.90 Å². The van der Waals surface area contributed by atoms with Crippen LogP contribution in [0.2, 0.25) is 0 Å². The van der Waals surface area contributed by atoms with Crippen molar-refractivity contribution < 1.29 is 10.0 Å². The van der Waals surface area contributed by atoms with E-state index in [0.29, 0.717) is 23.2 Å². The van der Waals surface area contributed by atoms with Crippen LogP contribution in [0.5, 0.6) is 0 Å². The number of nitrogens with zero attached hydrogens (tertiary/aromatic N) is 2. The molecule has 2 atom stereocenters. The first kappa shape index (κ1) is 14.8. The summed E-state index contributed by atoms with van der Waals surface area (Å²) < 4.78 is 0. The second-order valence-electron chi connectivity index (χ2n) is 5.83. The van der Waals surface area contributed by atoms with Gasteiger partial charge in [-0.25, -0.2) is 0 Å². The molecule has 1 fully saturated rings. The van der Waals surface area contributed by atoms with Crippen molar-refractivity contribution in [3.8, 4) is 0 Å². The second kappa shape index (κ2) is 5.79. The third kappa shape index (κ3) is 2.77. The van der Waals surface area contributed by atoms with E-state index in [2.05, 4.69) is 18.7 Å². The van der Waals surface area contributed by atoms with Crippen molar-refractivity contribution in [1.29, 1.82) is 0 Å². The lowest BCUT2D eigenvalue weighted by Gasteiger charge is -2.29. The molecule has 1 aliphatic heterocycles. The minimum Gasteiger partial charge on any atom is -0.389 e. The molecule has 1 aliphatic rings. The van der Waals surface area contributed by atoms with Crippen molar-refractivity contribution in [2.24, 2.45) is 5.92 Å². The van der Waals surface area contributed by atoms with Gasteiger partial charge in [0.25, 0.3) is 5.69 Å². The van der Waals surface area contributed by atoms with Crippen molar-refractivity contribution in [3.63, 3.8) is 0 Å². The summed E-state index contributed by atoms with van der Waals surface area (Å²) >= 11 is 0. The fraction of sp³-hybridized carbons (Fsp3) is 0.600. The lowest BCUT2D eigenvalue weighted by Crippen LogP contribution is -2.33. The summed E-state index contributed by atoms with van der Waals surface area (Å²) in [4.78, 5) is 13.1. The molecule has 0 saturated carbocycles. The second-order valence-corrected chi connectivity index (χ2v) is 5.83. The Morgan fingerprint density at radius 2 is 2.10 bits per heavy atom. The molecule has 0 aliphatic carbocycles. The Morgan fingerprint density at radius 3 is 2.65 bits per heavy atom. The summed E-state index contributed by atoms with van der Waals surface area (Å²) in [5.74, 6) is 0.466. The Balaban J connectivity index is 2.43. The van der Waals surface area contributed by atoms with E-state index in [4.69, 9.17) is 0 Å². The SMILES string of the molecule is CC(C)C1CCCN1c1ccc([C@H](C)O)cc1[N+](=O)[O-]. The first-order chi connectivity index (χ1) is 9.41. The van der Waals surface area contributed by atoms with E-state index in [1.165, 1.54) is 6.07 Å². The van der Waals surface area contributed by atoms with Gasteiger partial charge < -0.3 is 10.0 Å². The first-order valence-corrected chi connectivity index (χ1v) is 7.15. The highest BCUT2D eigenvalue weighted by molar-refractivity contribution is 5.65. The maximum Gasteiger partial charge on any atom is 0.292 e. The standard InChI is InChI=1S/C15H22N2O3/c1-10(2)13-5-4-8-16(13)14-7-6-12(11(3)18)9-15(14)17(19)20/h6-7,9-11,13,18H,4-5,8H2,1-3H3/t11-,13?/m0/s1. The lowest BCUT2D eigenvalue weighted by atomic mass is 10.0. The smallest absolute Gasteiger partial charge is 0.292 e. The molecule has 1 aromatic rings. The summed E-state index contributed by atoms with van der Waals surface area (Å²) in [6.07, 6.45) is 1.45. The normalized spacial score (nSPS) is 20.4. The maximum atomic E-state index is 11.3. The van der Waals surface area contributed by atoms with Gasteiger partial charge in [-0.1, -0.05) is 19.9 Å². The molecule has 0 radical (unpaired) electrons. The minimum atomic E-state index is -0.692. The van der Waals surface area contributed by atoms with E-state index in [1.807, 2.05) is 0 Å². The molecule has 1 unspecified atom stereocenters. The molecule has 20 heavy (non-hydrogen) atoms. The minimum absolute atomic E-state index is 0.0935. The molecule has 1 heterocycles. The molecule has 1 N–H and O–H groups in total. The average molecular weight is 278 g/mol. The van der Waals surface area contributed by atoms with Gasteiger partial charge >= 0.3 is 0 Å². The zero-order valence-corrected chi connectivity index (χ0v) is 12.2. The number of anilines is 1. The van der Waals surface area contributed by atoms with Crippen molar-refractivity contribution in [2.45, 2.75) is 45.8 Å². The molecule has 5 heteroatoms. The van der Waals surface area contributed by atoms with Crippen LogP contribution in [0.25, 0.3) is 0 Å². The maximum absolute atomic E-state index is 11.3. The van der Waals surface area contributed by atoms with Crippen molar-refractivity contribution in [2.75, 3.05) is 11.4 Å². The van der Waals surface area contributed by atoms with Gasteiger partial charge in [0.15, 0.2) is 0 Å². The Hall–Kier alpha value is -1.62. The monoisotopic (exact) mass is 278 g/mol. The molecule has 0 spiro atoms. The van der Waals surface area contributed by atoms with E-state index in [-0.39, 0.29) is 10.6 Å². The van der Waals surface area contributed by atoms with Gasteiger partial charge in [0.05, 0.1) is 11.0 Å². The number of hydrogen-bond donors (Lipinski definition) is 1. The molecule has 2 rings (SSSR count). The summed E-state index contributed by atoms with van der Waals surface area (Å²) in [6.45, 7) is 6.78. The van der Waals surface area contributed by atoms with Crippen LogP contribution in [0.15, 0.2) is 18.2 Å². The Morgan fingerprint density at radius 1 is 1.40 bits per heavy atom. The summed E-state index contributed by atoms with van der Waals surface area (Å²) in [6, 6.07) is 5.41. The van der Waals surface area contributed by atoms with E-state index < -0.39 is 6.10 Å². The fourth-order valence-corrected chi connectivity index (χ4v) is 2.97. The number of aliphatic hydroxyl groups excluding tert-OH is 1. The highest BCUT2D eigenvalue weighted by Crippen LogP contribution is 2.37. The molecular weight excluding hydrogens is 256 g/mol. The number of hydrogen-bond acceptors (Lipinski definition) is 4. The number of aliphatic hydroxyl groups is 1. The van der Waals surface area contributed by atoms with Crippen LogP contribution in [0.3, 0.4) is 0 Å². The summed E-state index contributed by atoms with van der Waals surface area (Å²) in [7, 11) is 0. The summed E-state index contributed by atoms with van der Waals surface area (Å²) in [5.41, 5.74) is 1.35. The van der Waals surface area contributed by atoms with Gasteiger partial charge in [0, 0.05) is 18.7 Å². The van der Waals surface area contributed by atoms with Crippen molar-refractivity contribution in [3.05, 3.63) is 33.9 Å². The van der Waals surface area contributed by atoms with E-state index in [1.54, 1.807) is 19.1 Å². The zero-order chi connectivity index (χ0) is 14.9. The van der Waals surface area contributed by atoms with Crippen molar-refractivity contribution >= 4 is 11.4 Å². The highest BCUT2D eigenvalue weighted by Gasteiger charge is 2.31.